The van der Waals surface area contributed by atoms with Gasteiger partial charge in [0.1, 0.15) is 5.60 Å². The molecule has 0 aliphatic carbocycles. The average molecular weight is 367 g/mol. The van der Waals surface area contributed by atoms with E-state index < -0.39 is 16.4 Å². The van der Waals surface area contributed by atoms with Gasteiger partial charge in [0.15, 0.2) is 4.34 Å². The third-order valence-corrected chi connectivity index (χ3v) is 6.69. The molecule has 0 saturated carbocycles. The second-order valence-corrected chi connectivity index (χ2v) is 9.74. The Balaban J connectivity index is 1.59. The fraction of sp³-hybridized carbons (Fsp3) is 0.529. The molecule has 3 rings (SSSR count). The van der Waals surface area contributed by atoms with E-state index in [1.54, 1.807) is 4.90 Å². The van der Waals surface area contributed by atoms with Gasteiger partial charge in [-0.25, -0.2) is 9.78 Å². The van der Waals surface area contributed by atoms with Crippen molar-refractivity contribution in [1.82, 2.24) is 9.88 Å². The maximum atomic E-state index is 12.6. The van der Waals surface area contributed by atoms with E-state index in [4.69, 9.17) is 4.74 Å². The highest BCUT2D eigenvalue weighted by Gasteiger charge is 2.31. The summed E-state index contributed by atoms with van der Waals surface area (Å²) in [7, 11) is -1.12. The van der Waals surface area contributed by atoms with Crippen molar-refractivity contribution in [2.45, 2.75) is 37.1 Å². The van der Waals surface area contributed by atoms with Crippen LogP contribution in [0, 0.1) is 5.92 Å². The number of hydrogen-bond acceptors (Lipinski definition) is 5. The SMILES string of the molecule is CC(C)(C)OC(=O)N1CC[C@@H](C[S@@](=O)c2nc3ccccc3s2)C1. The van der Waals surface area contributed by atoms with Gasteiger partial charge < -0.3 is 9.64 Å². The van der Waals surface area contributed by atoms with Crippen molar-refractivity contribution in [3.05, 3.63) is 24.3 Å². The smallest absolute Gasteiger partial charge is 0.410 e. The molecule has 0 bridgehead atoms. The number of para-hydroxylation sites is 1. The summed E-state index contributed by atoms with van der Waals surface area (Å²) >= 11 is 1.49. The average Bonchev–Trinajstić information content (AvgIpc) is 3.11. The van der Waals surface area contributed by atoms with Gasteiger partial charge in [-0.1, -0.05) is 12.1 Å². The molecule has 0 N–H and O–H groups in total. The summed E-state index contributed by atoms with van der Waals surface area (Å²) in [4.78, 5) is 18.3. The number of thiazole rings is 1. The number of carbonyl (C=O) groups is 1. The van der Waals surface area contributed by atoms with Crippen molar-refractivity contribution in [3.8, 4) is 0 Å². The van der Waals surface area contributed by atoms with E-state index in [1.165, 1.54) is 11.3 Å². The number of amides is 1. The van der Waals surface area contributed by atoms with Crippen LogP contribution in [0.1, 0.15) is 27.2 Å². The lowest BCUT2D eigenvalue weighted by molar-refractivity contribution is 0.0289. The Hall–Kier alpha value is -1.47. The van der Waals surface area contributed by atoms with E-state index in [0.717, 1.165) is 16.6 Å². The standard InChI is InChI=1S/C17H22N2O3S2/c1-17(2,3)22-16(20)19-9-8-12(10-19)11-24(21)15-18-13-6-4-5-7-14(13)23-15/h4-7,12H,8-11H2,1-3H3/t12-,24-/m1/s1. The van der Waals surface area contributed by atoms with Crippen LogP contribution in [-0.4, -0.2) is 44.6 Å². The predicted octanol–water partition coefficient (Wildman–Crippen LogP) is 3.66. The largest absolute Gasteiger partial charge is 0.444 e. The van der Waals surface area contributed by atoms with Crippen molar-refractivity contribution in [2.24, 2.45) is 5.92 Å². The zero-order valence-corrected chi connectivity index (χ0v) is 15.8. The number of fused-ring (bicyclic) bond motifs is 1. The van der Waals surface area contributed by atoms with Crippen LogP contribution < -0.4 is 0 Å². The topological polar surface area (TPSA) is 59.5 Å². The molecule has 1 aliphatic rings. The molecule has 1 aliphatic heterocycles. The summed E-state index contributed by atoms with van der Waals surface area (Å²) in [5.41, 5.74) is 0.409. The van der Waals surface area contributed by atoms with E-state index in [0.29, 0.717) is 23.2 Å². The van der Waals surface area contributed by atoms with Crippen LogP contribution >= 0.6 is 11.3 Å². The Kier molecular flexibility index (Phi) is 4.92. The zero-order valence-electron chi connectivity index (χ0n) is 14.2. The van der Waals surface area contributed by atoms with Crippen LogP contribution in [0.3, 0.4) is 0 Å². The maximum absolute atomic E-state index is 12.6. The molecule has 0 spiro atoms. The van der Waals surface area contributed by atoms with Crippen LogP contribution in [0.25, 0.3) is 10.2 Å². The molecule has 7 heteroatoms. The van der Waals surface area contributed by atoms with E-state index in [1.807, 2.05) is 45.0 Å². The minimum atomic E-state index is -1.12. The first-order chi connectivity index (χ1) is 11.3. The third kappa shape index (κ3) is 4.13. The van der Waals surface area contributed by atoms with Crippen LogP contribution in [0.2, 0.25) is 0 Å². The molecule has 1 amide bonds. The van der Waals surface area contributed by atoms with Crippen molar-refractivity contribution in [2.75, 3.05) is 18.8 Å². The normalized spacial score (nSPS) is 19.6. The van der Waals surface area contributed by atoms with Crippen molar-refractivity contribution in [1.29, 1.82) is 0 Å². The fourth-order valence-electron chi connectivity index (χ4n) is 2.69. The van der Waals surface area contributed by atoms with Gasteiger partial charge in [0.2, 0.25) is 0 Å². The molecule has 2 heterocycles. The molecular weight excluding hydrogens is 344 g/mol. The van der Waals surface area contributed by atoms with Gasteiger partial charge in [0.05, 0.1) is 21.0 Å². The second-order valence-electron chi connectivity index (χ2n) is 7.04. The minimum Gasteiger partial charge on any atom is -0.444 e. The highest BCUT2D eigenvalue weighted by molar-refractivity contribution is 7.87. The number of ether oxygens (including phenoxy) is 1. The number of nitrogens with zero attached hydrogens (tertiary/aromatic N) is 2. The lowest BCUT2D eigenvalue weighted by Crippen LogP contribution is -2.35. The quantitative estimate of drug-likeness (QED) is 0.832. The van der Waals surface area contributed by atoms with Gasteiger partial charge in [0.25, 0.3) is 0 Å². The molecule has 24 heavy (non-hydrogen) atoms. The summed E-state index contributed by atoms with van der Waals surface area (Å²) in [5.74, 6) is 0.768. The molecule has 2 atom stereocenters. The van der Waals surface area contributed by atoms with Crippen LogP contribution in [-0.2, 0) is 15.5 Å². The van der Waals surface area contributed by atoms with E-state index in [2.05, 4.69) is 4.98 Å². The Morgan fingerprint density at radius 3 is 2.88 bits per heavy atom. The fourth-order valence-corrected chi connectivity index (χ4v) is 5.28. The molecule has 1 fully saturated rings. The highest BCUT2D eigenvalue weighted by Crippen LogP contribution is 2.27. The Morgan fingerprint density at radius 2 is 2.17 bits per heavy atom. The number of hydrogen-bond donors (Lipinski definition) is 0. The first-order valence-electron chi connectivity index (χ1n) is 8.04. The highest BCUT2D eigenvalue weighted by atomic mass is 32.2. The van der Waals surface area contributed by atoms with E-state index in [9.17, 15) is 9.00 Å². The van der Waals surface area contributed by atoms with Gasteiger partial charge >= 0.3 is 6.09 Å². The van der Waals surface area contributed by atoms with Crippen LogP contribution in [0.4, 0.5) is 4.79 Å². The number of carbonyl (C=O) groups excluding carboxylic acids is 1. The monoisotopic (exact) mass is 366 g/mol. The van der Waals surface area contributed by atoms with Gasteiger partial charge in [-0.3, -0.25) is 4.21 Å². The number of benzene rings is 1. The number of rotatable bonds is 3. The molecule has 2 aromatic rings. The Bertz CT molecular complexity index is 734. The summed E-state index contributed by atoms with van der Waals surface area (Å²) in [6, 6.07) is 7.83. The zero-order chi connectivity index (χ0) is 17.3. The van der Waals surface area contributed by atoms with E-state index in [-0.39, 0.29) is 12.0 Å². The summed E-state index contributed by atoms with van der Waals surface area (Å²) in [5, 5.41) is 0. The Morgan fingerprint density at radius 1 is 1.42 bits per heavy atom. The van der Waals surface area contributed by atoms with Crippen LogP contribution in [0.15, 0.2) is 28.6 Å². The first kappa shape index (κ1) is 17.4. The summed E-state index contributed by atoms with van der Waals surface area (Å²) in [6.45, 7) is 6.85. The summed E-state index contributed by atoms with van der Waals surface area (Å²) in [6.07, 6.45) is 0.575. The number of aromatic nitrogens is 1. The first-order valence-corrected chi connectivity index (χ1v) is 10.2. The van der Waals surface area contributed by atoms with Crippen molar-refractivity contribution >= 4 is 38.4 Å². The van der Waals surface area contributed by atoms with Gasteiger partial charge in [-0.15, -0.1) is 11.3 Å². The molecule has 130 valence electrons. The molecule has 1 saturated heterocycles. The minimum absolute atomic E-state index is 0.227. The third-order valence-electron chi connectivity index (χ3n) is 3.79. The maximum Gasteiger partial charge on any atom is 0.410 e. The lowest BCUT2D eigenvalue weighted by Gasteiger charge is -2.24. The van der Waals surface area contributed by atoms with Gasteiger partial charge in [-0.05, 0) is 45.2 Å². The van der Waals surface area contributed by atoms with Crippen molar-refractivity contribution < 1.29 is 13.7 Å². The summed E-state index contributed by atoms with van der Waals surface area (Å²) < 4.78 is 19.7. The van der Waals surface area contributed by atoms with Crippen LogP contribution in [0.5, 0.6) is 0 Å². The molecule has 1 aromatic carbocycles. The van der Waals surface area contributed by atoms with E-state index >= 15 is 0 Å². The molecule has 5 nitrogen and oxygen atoms in total. The predicted molar refractivity (Wildman–Crippen MR) is 96.8 cm³/mol. The molecule has 0 radical (unpaired) electrons. The number of likely N-dealkylation sites (tertiary alicyclic amines) is 1. The Labute approximate surface area is 148 Å². The van der Waals surface area contributed by atoms with Gasteiger partial charge in [0, 0.05) is 18.8 Å². The van der Waals surface area contributed by atoms with Crippen molar-refractivity contribution in [3.63, 3.8) is 0 Å². The molecule has 0 unspecified atom stereocenters. The second kappa shape index (κ2) is 6.80. The molecular formula is C17H22N2O3S2. The lowest BCUT2D eigenvalue weighted by atomic mass is 10.2. The molecule has 1 aromatic heterocycles. The van der Waals surface area contributed by atoms with Gasteiger partial charge in [-0.2, -0.15) is 0 Å².